The second-order valence-electron chi connectivity index (χ2n) is 6.57. The molecule has 2 rings (SSSR count). The first-order chi connectivity index (χ1) is 11.4. The topological polar surface area (TPSA) is 124 Å². The number of carbonyl (C=O) groups is 3. The molecule has 25 heavy (non-hydrogen) atoms. The van der Waals surface area contributed by atoms with Gasteiger partial charge in [-0.2, -0.15) is 0 Å². The van der Waals surface area contributed by atoms with Crippen LogP contribution in [0.3, 0.4) is 0 Å². The molecule has 1 aliphatic rings. The van der Waals surface area contributed by atoms with Crippen LogP contribution in [0.15, 0.2) is 11.0 Å². The summed E-state index contributed by atoms with van der Waals surface area (Å²) in [6.07, 6.45) is -0.723. The molecule has 0 radical (unpaired) electrons. The van der Waals surface area contributed by atoms with Crippen molar-refractivity contribution >= 4 is 40.3 Å². The van der Waals surface area contributed by atoms with Gasteiger partial charge in [0.15, 0.2) is 16.5 Å². The first kappa shape index (κ1) is 18.7. The molecule has 10 heteroatoms. The van der Waals surface area contributed by atoms with Crippen molar-refractivity contribution in [3.8, 4) is 0 Å². The molecule has 1 saturated heterocycles. The Labute approximate surface area is 147 Å². The maximum absolute atomic E-state index is 11.9. The van der Waals surface area contributed by atoms with Gasteiger partial charge in [0.2, 0.25) is 0 Å². The van der Waals surface area contributed by atoms with Crippen LogP contribution in [0.1, 0.15) is 40.3 Å². The smallest absolute Gasteiger partial charge is 0.413 e. The summed E-state index contributed by atoms with van der Waals surface area (Å²) in [5, 5.41) is 14.0. The molecule has 1 aromatic rings. The molecule has 2 heterocycles. The third-order valence-corrected chi connectivity index (χ3v) is 3.43. The van der Waals surface area contributed by atoms with Crippen molar-refractivity contribution in [2.45, 2.75) is 46.0 Å². The van der Waals surface area contributed by atoms with Crippen LogP contribution in [-0.4, -0.2) is 39.5 Å². The number of thiazole rings is 1. The zero-order valence-corrected chi connectivity index (χ0v) is 15.1. The van der Waals surface area contributed by atoms with E-state index in [4.69, 9.17) is 14.2 Å². The molecule has 0 atom stereocenters. The van der Waals surface area contributed by atoms with E-state index in [0.29, 0.717) is 0 Å². The average Bonchev–Trinajstić information content (AvgIpc) is 2.81. The van der Waals surface area contributed by atoms with Crippen LogP contribution in [-0.2, 0) is 23.8 Å². The predicted octanol–water partition coefficient (Wildman–Crippen LogP) is 2.60. The molecule has 1 aliphatic heterocycles. The highest BCUT2D eigenvalue weighted by Crippen LogP contribution is 2.29. The van der Waals surface area contributed by atoms with Crippen LogP contribution in [0.25, 0.3) is 5.76 Å². The number of ether oxygens (including phenoxy) is 3. The van der Waals surface area contributed by atoms with Crippen LogP contribution < -0.4 is 5.32 Å². The number of rotatable bonds is 2. The number of carbonyl (C=O) groups excluding carboxylic acids is 3. The summed E-state index contributed by atoms with van der Waals surface area (Å²) in [6, 6.07) is 0. The Morgan fingerprint density at radius 2 is 1.84 bits per heavy atom. The van der Waals surface area contributed by atoms with E-state index in [1.807, 2.05) is 0 Å². The highest BCUT2D eigenvalue weighted by atomic mass is 32.1. The third kappa shape index (κ3) is 4.69. The highest BCUT2D eigenvalue weighted by molar-refractivity contribution is 7.14. The molecule has 0 spiro atoms. The molecule has 0 bridgehead atoms. The van der Waals surface area contributed by atoms with E-state index in [9.17, 15) is 19.5 Å². The quantitative estimate of drug-likeness (QED) is 0.352. The number of hydrogen-bond donors (Lipinski definition) is 2. The van der Waals surface area contributed by atoms with Gasteiger partial charge in [0, 0.05) is 19.2 Å². The molecule has 0 saturated carbocycles. The maximum atomic E-state index is 11.9. The molecule has 9 nitrogen and oxygen atoms in total. The molecular weight excluding hydrogens is 352 g/mol. The lowest BCUT2D eigenvalue weighted by atomic mass is 10.1. The fourth-order valence-electron chi connectivity index (χ4n) is 1.80. The summed E-state index contributed by atoms with van der Waals surface area (Å²) >= 11 is 0.977. The van der Waals surface area contributed by atoms with Crippen LogP contribution in [0.5, 0.6) is 0 Å². The van der Waals surface area contributed by atoms with Crippen molar-refractivity contribution < 1.29 is 33.7 Å². The monoisotopic (exact) mass is 370 g/mol. The number of cyclic esters (lactones) is 2. The summed E-state index contributed by atoms with van der Waals surface area (Å²) < 4.78 is 14.9. The van der Waals surface area contributed by atoms with Gasteiger partial charge in [-0.25, -0.2) is 19.4 Å². The number of esters is 2. The van der Waals surface area contributed by atoms with Gasteiger partial charge in [-0.15, -0.1) is 11.3 Å². The Balaban J connectivity index is 2.20. The van der Waals surface area contributed by atoms with Gasteiger partial charge in [0.25, 0.3) is 5.79 Å². The number of anilines is 1. The molecule has 2 N–H and O–H groups in total. The SMILES string of the molecule is CC(C)(C)OC(=O)Nc1nc(C(O)=C2C(=O)OC(C)(C)OC2=O)cs1. The fourth-order valence-corrected chi connectivity index (χ4v) is 2.49. The number of aliphatic hydroxyl groups excluding tert-OH is 1. The lowest BCUT2D eigenvalue weighted by molar-refractivity contribution is -0.222. The van der Waals surface area contributed by atoms with Gasteiger partial charge in [0.1, 0.15) is 11.3 Å². The summed E-state index contributed by atoms with van der Waals surface area (Å²) in [5.74, 6) is -4.15. The van der Waals surface area contributed by atoms with E-state index >= 15 is 0 Å². The Hall–Kier alpha value is -2.62. The molecule has 1 amide bonds. The summed E-state index contributed by atoms with van der Waals surface area (Å²) in [7, 11) is 0. The minimum atomic E-state index is -1.41. The summed E-state index contributed by atoms with van der Waals surface area (Å²) in [6.45, 7) is 7.90. The van der Waals surface area contributed by atoms with Gasteiger partial charge < -0.3 is 19.3 Å². The molecule has 0 aromatic carbocycles. The molecule has 0 aliphatic carbocycles. The lowest BCUT2D eigenvalue weighted by Crippen LogP contribution is -2.42. The van der Waals surface area contributed by atoms with Crippen molar-refractivity contribution in [3.63, 3.8) is 0 Å². The largest absolute Gasteiger partial charge is 0.505 e. The van der Waals surface area contributed by atoms with Crippen molar-refractivity contribution in [1.82, 2.24) is 4.98 Å². The van der Waals surface area contributed by atoms with E-state index in [2.05, 4.69) is 10.3 Å². The normalized spacial score (nSPS) is 16.8. The second kappa shape index (κ2) is 6.36. The van der Waals surface area contributed by atoms with E-state index in [1.54, 1.807) is 20.8 Å². The van der Waals surface area contributed by atoms with E-state index in [-0.39, 0.29) is 10.8 Å². The van der Waals surface area contributed by atoms with Crippen LogP contribution in [0, 0.1) is 0 Å². The zero-order chi connectivity index (χ0) is 19.0. The Bertz CT molecular complexity index is 736. The number of amides is 1. The van der Waals surface area contributed by atoms with Crippen LogP contribution in [0.2, 0.25) is 0 Å². The number of aliphatic hydroxyl groups is 1. The summed E-state index contributed by atoms with van der Waals surface area (Å²) in [4.78, 5) is 39.5. The van der Waals surface area contributed by atoms with E-state index in [1.165, 1.54) is 19.2 Å². The lowest BCUT2D eigenvalue weighted by Gasteiger charge is -2.29. The molecule has 1 aromatic heterocycles. The van der Waals surface area contributed by atoms with Crippen molar-refractivity contribution in [2.24, 2.45) is 0 Å². The summed E-state index contributed by atoms with van der Waals surface area (Å²) in [5.41, 5.74) is -1.43. The van der Waals surface area contributed by atoms with E-state index < -0.39 is 40.8 Å². The van der Waals surface area contributed by atoms with Gasteiger partial charge in [-0.05, 0) is 20.8 Å². The predicted molar refractivity (Wildman–Crippen MR) is 87.8 cm³/mol. The van der Waals surface area contributed by atoms with Crippen molar-refractivity contribution in [2.75, 3.05) is 5.32 Å². The highest BCUT2D eigenvalue weighted by Gasteiger charge is 2.41. The minimum absolute atomic E-state index is 0.0836. The zero-order valence-electron chi connectivity index (χ0n) is 14.3. The maximum Gasteiger partial charge on any atom is 0.413 e. The van der Waals surface area contributed by atoms with Crippen LogP contribution in [0.4, 0.5) is 9.93 Å². The van der Waals surface area contributed by atoms with Crippen molar-refractivity contribution in [3.05, 3.63) is 16.6 Å². The number of nitrogens with one attached hydrogen (secondary N) is 1. The van der Waals surface area contributed by atoms with Crippen LogP contribution >= 0.6 is 11.3 Å². The Kier molecular flexibility index (Phi) is 4.76. The van der Waals surface area contributed by atoms with Gasteiger partial charge in [-0.1, -0.05) is 0 Å². The van der Waals surface area contributed by atoms with E-state index in [0.717, 1.165) is 11.3 Å². The number of aromatic nitrogens is 1. The van der Waals surface area contributed by atoms with Gasteiger partial charge >= 0.3 is 18.0 Å². The van der Waals surface area contributed by atoms with Gasteiger partial charge in [0.05, 0.1) is 0 Å². The third-order valence-electron chi connectivity index (χ3n) is 2.68. The Morgan fingerprint density at radius 3 is 2.36 bits per heavy atom. The van der Waals surface area contributed by atoms with Gasteiger partial charge in [-0.3, -0.25) is 5.32 Å². The Morgan fingerprint density at radius 1 is 1.28 bits per heavy atom. The molecule has 0 unspecified atom stereocenters. The molecule has 1 fully saturated rings. The number of nitrogens with zero attached hydrogens (tertiary/aromatic N) is 1. The fraction of sp³-hybridized carbons (Fsp3) is 0.467. The first-order valence-corrected chi connectivity index (χ1v) is 8.12. The average molecular weight is 370 g/mol. The molecular formula is C15H18N2O7S. The second-order valence-corrected chi connectivity index (χ2v) is 7.43. The minimum Gasteiger partial charge on any atom is -0.505 e. The number of hydrogen-bond acceptors (Lipinski definition) is 9. The van der Waals surface area contributed by atoms with Crippen molar-refractivity contribution in [1.29, 1.82) is 0 Å². The standard InChI is InChI=1S/C15H18N2O7S/c1-14(2,3)24-13(21)17-12-16-7(6-25-12)9(18)8-10(19)22-15(4,5)23-11(8)20/h6,18H,1-5H3,(H,16,17,21). The molecule has 136 valence electrons. The first-order valence-electron chi connectivity index (χ1n) is 7.24.